The lowest BCUT2D eigenvalue weighted by Gasteiger charge is -2.36. The summed E-state index contributed by atoms with van der Waals surface area (Å²) >= 11 is 0. The Labute approximate surface area is 189 Å². The molecule has 6 heteroatoms. The van der Waals surface area contributed by atoms with Gasteiger partial charge in [0.25, 0.3) is 0 Å². The van der Waals surface area contributed by atoms with Gasteiger partial charge in [-0.05, 0) is 41.2 Å². The zero-order chi connectivity index (χ0) is 22.7. The van der Waals surface area contributed by atoms with Crippen molar-refractivity contribution in [3.63, 3.8) is 0 Å². The molecule has 1 saturated heterocycles. The molecule has 168 valence electrons. The van der Waals surface area contributed by atoms with E-state index in [0.29, 0.717) is 32.4 Å². The number of benzene rings is 2. The molecular weight excluding hydrogens is 402 g/mol. The van der Waals surface area contributed by atoms with Gasteiger partial charge in [-0.1, -0.05) is 50.2 Å². The van der Waals surface area contributed by atoms with Crippen molar-refractivity contribution in [1.29, 1.82) is 0 Å². The molecule has 2 aromatic carbocycles. The molecule has 0 radical (unpaired) electrons. The van der Waals surface area contributed by atoms with E-state index in [9.17, 15) is 14.4 Å². The number of nitrogens with one attached hydrogen (secondary N) is 1. The number of amides is 3. The van der Waals surface area contributed by atoms with Crippen molar-refractivity contribution in [3.8, 4) is 0 Å². The number of hydrogen-bond donors (Lipinski definition) is 1. The smallest absolute Gasteiger partial charge is 0.243 e. The lowest BCUT2D eigenvalue weighted by Crippen LogP contribution is -2.52. The quantitative estimate of drug-likeness (QED) is 0.759. The molecule has 1 atom stereocenters. The number of carbonyl (C=O) groups excluding carboxylic acids is 3. The maximum atomic E-state index is 13.2. The summed E-state index contributed by atoms with van der Waals surface area (Å²) in [5.74, 6) is 0.259. The normalized spacial score (nSPS) is 18.1. The summed E-state index contributed by atoms with van der Waals surface area (Å²) in [6.45, 7) is 5.60. The van der Waals surface area contributed by atoms with Gasteiger partial charge in [0.05, 0.1) is 0 Å². The first-order chi connectivity index (χ1) is 15.4. The van der Waals surface area contributed by atoms with Gasteiger partial charge in [-0.2, -0.15) is 0 Å². The zero-order valence-corrected chi connectivity index (χ0v) is 18.8. The van der Waals surface area contributed by atoms with E-state index in [0.717, 1.165) is 35.3 Å². The molecule has 3 amide bonds. The number of anilines is 1. The fraction of sp³-hybridized carbons (Fsp3) is 0.423. The third-order valence-corrected chi connectivity index (χ3v) is 6.22. The molecule has 0 saturated carbocycles. The number of nitrogens with zero attached hydrogens (tertiary/aromatic N) is 2. The highest BCUT2D eigenvalue weighted by Gasteiger charge is 2.34. The summed E-state index contributed by atoms with van der Waals surface area (Å²) in [6.07, 6.45) is 2.42. The molecule has 1 unspecified atom stereocenters. The molecule has 1 fully saturated rings. The van der Waals surface area contributed by atoms with E-state index in [-0.39, 0.29) is 23.6 Å². The minimum atomic E-state index is -0.514. The molecule has 0 bridgehead atoms. The molecule has 2 aromatic rings. The molecule has 2 aliphatic heterocycles. The van der Waals surface area contributed by atoms with Crippen LogP contribution in [0.15, 0.2) is 48.5 Å². The Kier molecular flexibility index (Phi) is 6.58. The predicted molar refractivity (Wildman–Crippen MR) is 124 cm³/mol. The highest BCUT2D eigenvalue weighted by atomic mass is 16.2. The monoisotopic (exact) mass is 433 g/mol. The Morgan fingerprint density at radius 3 is 2.59 bits per heavy atom. The van der Waals surface area contributed by atoms with Crippen molar-refractivity contribution in [1.82, 2.24) is 10.2 Å². The van der Waals surface area contributed by atoms with Gasteiger partial charge in [-0.15, -0.1) is 0 Å². The van der Waals surface area contributed by atoms with Crippen LogP contribution in [0.25, 0.3) is 0 Å². The van der Waals surface area contributed by atoms with E-state index in [1.54, 1.807) is 9.80 Å². The van der Waals surface area contributed by atoms with Gasteiger partial charge in [0.15, 0.2) is 0 Å². The van der Waals surface area contributed by atoms with Gasteiger partial charge >= 0.3 is 0 Å². The van der Waals surface area contributed by atoms with Crippen LogP contribution < -0.4 is 10.2 Å². The predicted octanol–water partition coefficient (Wildman–Crippen LogP) is 3.43. The maximum absolute atomic E-state index is 13.2. The molecule has 0 aliphatic carbocycles. The number of carbonyl (C=O) groups is 3. The Morgan fingerprint density at radius 2 is 1.88 bits per heavy atom. The summed E-state index contributed by atoms with van der Waals surface area (Å²) < 4.78 is 0. The van der Waals surface area contributed by atoms with Crippen LogP contribution in [0.3, 0.4) is 0 Å². The second kappa shape index (κ2) is 9.55. The fourth-order valence-electron chi connectivity index (χ4n) is 4.55. The minimum Gasteiger partial charge on any atom is -0.350 e. The minimum absolute atomic E-state index is 0.0178. The molecular formula is C26H31N3O3. The van der Waals surface area contributed by atoms with Crippen molar-refractivity contribution in [3.05, 3.63) is 65.2 Å². The standard InChI is InChI=1S/C26H31N3O3/c1-18(2)13-25(31)29-17-21-9-4-3-8-20(21)15-23(29)26(32)27-16-19-7-5-10-22(14-19)28-12-6-11-24(28)30/h3-5,7-10,14,18,23H,6,11-13,15-17H2,1-2H3,(H,27,32). The van der Waals surface area contributed by atoms with Crippen LogP contribution in [0.5, 0.6) is 0 Å². The maximum Gasteiger partial charge on any atom is 0.243 e. The molecule has 2 heterocycles. The topological polar surface area (TPSA) is 69.7 Å². The van der Waals surface area contributed by atoms with Crippen LogP contribution in [-0.2, 0) is 33.9 Å². The van der Waals surface area contributed by atoms with E-state index >= 15 is 0 Å². The summed E-state index contributed by atoms with van der Waals surface area (Å²) in [5.41, 5.74) is 4.04. The fourth-order valence-corrected chi connectivity index (χ4v) is 4.55. The molecule has 0 aromatic heterocycles. The van der Waals surface area contributed by atoms with Crippen LogP contribution in [0.1, 0.15) is 49.8 Å². The lowest BCUT2D eigenvalue weighted by molar-refractivity contribution is -0.142. The van der Waals surface area contributed by atoms with Crippen LogP contribution in [0.2, 0.25) is 0 Å². The average molecular weight is 434 g/mol. The highest BCUT2D eigenvalue weighted by molar-refractivity contribution is 5.95. The highest BCUT2D eigenvalue weighted by Crippen LogP contribution is 2.26. The average Bonchev–Trinajstić information content (AvgIpc) is 3.22. The summed E-state index contributed by atoms with van der Waals surface area (Å²) in [4.78, 5) is 41.7. The lowest BCUT2D eigenvalue weighted by atomic mass is 9.92. The van der Waals surface area contributed by atoms with E-state index < -0.39 is 6.04 Å². The van der Waals surface area contributed by atoms with Gasteiger partial charge in [0.1, 0.15) is 6.04 Å². The first-order valence-corrected chi connectivity index (χ1v) is 11.5. The van der Waals surface area contributed by atoms with Gasteiger partial charge < -0.3 is 15.1 Å². The first-order valence-electron chi connectivity index (χ1n) is 11.5. The molecule has 1 N–H and O–H groups in total. The Balaban J connectivity index is 1.47. The van der Waals surface area contributed by atoms with E-state index in [1.165, 1.54) is 0 Å². The van der Waals surface area contributed by atoms with E-state index in [2.05, 4.69) is 5.32 Å². The molecule has 6 nitrogen and oxygen atoms in total. The van der Waals surface area contributed by atoms with E-state index in [1.807, 2.05) is 62.4 Å². The van der Waals surface area contributed by atoms with E-state index in [4.69, 9.17) is 0 Å². The molecule has 32 heavy (non-hydrogen) atoms. The second-order valence-corrected chi connectivity index (χ2v) is 9.14. The Morgan fingerprint density at radius 1 is 1.09 bits per heavy atom. The molecule has 0 spiro atoms. The van der Waals surface area contributed by atoms with Crippen LogP contribution in [-0.4, -0.2) is 35.2 Å². The van der Waals surface area contributed by atoms with Crippen LogP contribution in [0, 0.1) is 5.92 Å². The third-order valence-electron chi connectivity index (χ3n) is 6.22. The van der Waals surface area contributed by atoms with Crippen molar-refractivity contribution in [2.75, 3.05) is 11.4 Å². The molecule has 4 rings (SSSR count). The summed E-state index contributed by atoms with van der Waals surface area (Å²) in [6, 6.07) is 15.3. The first kappa shape index (κ1) is 22.1. The zero-order valence-electron chi connectivity index (χ0n) is 18.8. The van der Waals surface area contributed by atoms with Crippen molar-refractivity contribution in [2.24, 2.45) is 5.92 Å². The van der Waals surface area contributed by atoms with Gasteiger partial charge in [0.2, 0.25) is 17.7 Å². The summed E-state index contributed by atoms with van der Waals surface area (Å²) in [5, 5.41) is 3.03. The Hall–Kier alpha value is -3.15. The second-order valence-electron chi connectivity index (χ2n) is 9.14. The number of hydrogen-bond acceptors (Lipinski definition) is 3. The van der Waals surface area contributed by atoms with Crippen molar-refractivity contribution in [2.45, 2.75) is 58.7 Å². The van der Waals surface area contributed by atoms with Gasteiger partial charge in [-0.3, -0.25) is 14.4 Å². The summed E-state index contributed by atoms with van der Waals surface area (Å²) in [7, 11) is 0. The van der Waals surface area contributed by atoms with Crippen LogP contribution in [0.4, 0.5) is 5.69 Å². The largest absolute Gasteiger partial charge is 0.350 e. The van der Waals surface area contributed by atoms with Crippen molar-refractivity contribution < 1.29 is 14.4 Å². The third kappa shape index (κ3) is 4.85. The number of rotatable bonds is 6. The van der Waals surface area contributed by atoms with Gasteiger partial charge in [0, 0.05) is 44.6 Å². The van der Waals surface area contributed by atoms with Crippen molar-refractivity contribution >= 4 is 23.4 Å². The number of fused-ring (bicyclic) bond motifs is 1. The van der Waals surface area contributed by atoms with Gasteiger partial charge in [-0.25, -0.2) is 0 Å². The Bertz CT molecular complexity index is 1020. The molecule has 2 aliphatic rings. The van der Waals surface area contributed by atoms with Crippen LogP contribution >= 0.6 is 0 Å². The SMILES string of the molecule is CC(C)CC(=O)N1Cc2ccccc2CC1C(=O)NCc1cccc(N2CCCC2=O)c1.